The standard InChI is InChI=1S/C8H17N5OS/c1-2-13(4-3-5-14)6-7-11-12-8(10-9)15-7/h14H,2-6,9H2,1H3,(H,10,12). The summed E-state index contributed by atoms with van der Waals surface area (Å²) in [5.41, 5.74) is 2.47. The predicted octanol–water partition coefficient (Wildman–Crippen LogP) is 0.0280. The van der Waals surface area contributed by atoms with Crippen molar-refractivity contribution in [3.05, 3.63) is 5.01 Å². The van der Waals surface area contributed by atoms with Gasteiger partial charge in [-0.15, -0.1) is 10.2 Å². The summed E-state index contributed by atoms with van der Waals surface area (Å²) in [5, 5.41) is 18.2. The van der Waals surface area contributed by atoms with Gasteiger partial charge in [-0.05, 0) is 13.0 Å². The topological polar surface area (TPSA) is 87.3 Å². The maximum atomic E-state index is 8.74. The maximum absolute atomic E-state index is 8.74. The Morgan fingerprint density at radius 2 is 2.33 bits per heavy atom. The van der Waals surface area contributed by atoms with Gasteiger partial charge in [0, 0.05) is 13.2 Å². The molecule has 15 heavy (non-hydrogen) atoms. The van der Waals surface area contributed by atoms with Crippen LogP contribution in [0.4, 0.5) is 5.13 Å². The number of nitrogen functional groups attached to an aromatic ring is 1. The third-order valence-electron chi connectivity index (χ3n) is 2.03. The van der Waals surface area contributed by atoms with E-state index < -0.39 is 0 Å². The maximum Gasteiger partial charge on any atom is 0.219 e. The molecule has 0 saturated heterocycles. The van der Waals surface area contributed by atoms with Crippen LogP contribution in [0.1, 0.15) is 18.4 Å². The van der Waals surface area contributed by atoms with Crippen molar-refractivity contribution in [3.63, 3.8) is 0 Å². The van der Waals surface area contributed by atoms with Gasteiger partial charge in [0.25, 0.3) is 0 Å². The molecule has 0 atom stereocenters. The van der Waals surface area contributed by atoms with Crippen LogP contribution in [-0.2, 0) is 6.54 Å². The van der Waals surface area contributed by atoms with E-state index in [2.05, 4.69) is 27.4 Å². The minimum absolute atomic E-state index is 0.224. The summed E-state index contributed by atoms with van der Waals surface area (Å²) in [6.45, 7) is 4.88. The second kappa shape index (κ2) is 6.67. The third-order valence-corrected chi connectivity index (χ3v) is 2.87. The van der Waals surface area contributed by atoms with Gasteiger partial charge in [0.15, 0.2) is 0 Å². The summed E-state index contributed by atoms with van der Waals surface area (Å²) in [6.07, 6.45) is 0.786. The summed E-state index contributed by atoms with van der Waals surface area (Å²) in [7, 11) is 0. The molecule has 4 N–H and O–H groups in total. The van der Waals surface area contributed by atoms with Crippen LogP contribution in [-0.4, -0.2) is 39.9 Å². The zero-order valence-electron chi connectivity index (χ0n) is 8.81. The molecule has 0 aromatic carbocycles. The zero-order chi connectivity index (χ0) is 11.1. The van der Waals surface area contributed by atoms with Crippen molar-refractivity contribution >= 4 is 16.5 Å². The first-order chi connectivity index (χ1) is 7.30. The van der Waals surface area contributed by atoms with Gasteiger partial charge in [-0.1, -0.05) is 18.3 Å². The fourth-order valence-electron chi connectivity index (χ4n) is 1.21. The molecule has 86 valence electrons. The number of anilines is 1. The van der Waals surface area contributed by atoms with Crippen LogP contribution < -0.4 is 11.3 Å². The van der Waals surface area contributed by atoms with E-state index in [9.17, 15) is 0 Å². The Balaban J connectivity index is 2.43. The van der Waals surface area contributed by atoms with Gasteiger partial charge in [0.2, 0.25) is 5.13 Å². The van der Waals surface area contributed by atoms with E-state index in [1.54, 1.807) is 0 Å². The van der Waals surface area contributed by atoms with Crippen molar-refractivity contribution < 1.29 is 5.11 Å². The SMILES string of the molecule is CCN(CCCO)Cc1nnc(NN)s1. The van der Waals surface area contributed by atoms with Crippen LogP contribution in [0.3, 0.4) is 0 Å². The van der Waals surface area contributed by atoms with Gasteiger partial charge in [0.05, 0.1) is 6.54 Å². The van der Waals surface area contributed by atoms with E-state index >= 15 is 0 Å². The number of nitrogens with one attached hydrogen (secondary N) is 1. The smallest absolute Gasteiger partial charge is 0.219 e. The Morgan fingerprint density at radius 1 is 1.53 bits per heavy atom. The van der Waals surface area contributed by atoms with Crippen molar-refractivity contribution in [2.24, 2.45) is 5.84 Å². The quantitative estimate of drug-likeness (QED) is 0.453. The number of aliphatic hydroxyl groups excluding tert-OH is 1. The summed E-state index contributed by atoms with van der Waals surface area (Å²) < 4.78 is 0. The number of hydrogen-bond donors (Lipinski definition) is 3. The molecule has 1 heterocycles. The first-order valence-corrected chi connectivity index (χ1v) is 5.74. The molecule has 0 fully saturated rings. The predicted molar refractivity (Wildman–Crippen MR) is 60.4 cm³/mol. The highest BCUT2D eigenvalue weighted by Crippen LogP contribution is 2.15. The fourth-order valence-corrected chi connectivity index (χ4v) is 1.90. The number of hydrazine groups is 1. The Hall–Kier alpha value is -0.760. The lowest BCUT2D eigenvalue weighted by Crippen LogP contribution is -2.24. The molecule has 0 aliphatic carbocycles. The minimum Gasteiger partial charge on any atom is -0.396 e. The number of rotatable bonds is 7. The highest BCUT2D eigenvalue weighted by atomic mass is 32.1. The number of nitrogens with two attached hydrogens (primary N) is 1. The van der Waals surface area contributed by atoms with E-state index in [0.29, 0.717) is 5.13 Å². The van der Waals surface area contributed by atoms with Gasteiger partial charge in [-0.3, -0.25) is 10.3 Å². The van der Waals surface area contributed by atoms with Crippen molar-refractivity contribution in [1.82, 2.24) is 15.1 Å². The number of aromatic nitrogens is 2. The summed E-state index contributed by atoms with van der Waals surface area (Å²) in [6, 6.07) is 0. The zero-order valence-corrected chi connectivity index (χ0v) is 9.63. The molecule has 7 heteroatoms. The number of hydrogen-bond acceptors (Lipinski definition) is 7. The van der Waals surface area contributed by atoms with Crippen molar-refractivity contribution in [2.45, 2.75) is 19.9 Å². The van der Waals surface area contributed by atoms with Crippen LogP contribution in [0.5, 0.6) is 0 Å². The Morgan fingerprint density at radius 3 is 2.87 bits per heavy atom. The van der Waals surface area contributed by atoms with Gasteiger partial charge >= 0.3 is 0 Å². The van der Waals surface area contributed by atoms with Crippen LogP contribution in [0.15, 0.2) is 0 Å². The molecule has 6 nitrogen and oxygen atoms in total. The normalized spacial score (nSPS) is 10.9. The molecule has 0 unspecified atom stereocenters. The van der Waals surface area contributed by atoms with Crippen molar-refractivity contribution in [1.29, 1.82) is 0 Å². The average molecular weight is 231 g/mol. The molecule has 0 radical (unpaired) electrons. The number of aliphatic hydroxyl groups is 1. The van der Waals surface area contributed by atoms with E-state index in [0.717, 1.165) is 31.1 Å². The first-order valence-electron chi connectivity index (χ1n) is 4.92. The molecular formula is C8H17N5OS. The monoisotopic (exact) mass is 231 g/mol. The van der Waals surface area contributed by atoms with Gasteiger partial charge in [-0.2, -0.15) is 0 Å². The highest BCUT2D eigenvalue weighted by Gasteiger charge is 2.07. The second-order valence-electron chi connectivity index (χ2n) is 3.09. The van der Waals surface area contributed by atoms with Gasteiger partial charge < -0.3 is 5.11 Å². The van der Waals surface area contributed by atoms with Crippen LogP contribution in [0.2, 0.25) is 0 Å². The molecular weight excluding hydrogens is 214 g/mol. The fraction of sp³-hybridized carbons (Fsp3) is 0.750. The highest BCUT2D eigenvalue weighted by molar-refractivity contribution is 7.15. The van der Waals surface area contributed by atoms with Crippen LogP contribution >= 0.6 is 11.3 Å². The van der Waals surface area contributed by atoms with Gasteiger partial charge in [-0.25, -0.2) is 5.84 Å². The molecule has 1 aromatic heterocycles. The Bertz CT molecular complexity index is 280. The van der Waals surface area contributed by atoms with Crippen LogP contribution in [0.25, 0.3) is 0 Å². The summed E-state index contributed by atoms with van der Waals surface area (Å²) in [4.78, 5) is 2.21. The lowest BCUT2D eigenvalue weighted by atomic mass is 10.4. The summed E-state index contributed by atoms with van der Waals surface area (Å²) in [5.74, 6) is 5.22. The molecule has 0 spiro atoms. The minimum atomic E-state index is 0.224. The molecule has 0 bridgehead atoms. The number of nitrogens with zero attached hydrogens (tertiary/aromatic N) is 3. The van der Waals surface area contributed by atoms with E-state index in [1.165, 1.54) is 11.3 Å². The lowest BCUT2D eigenvalue weighted by Gasteiger charge is -2.17. The lowest BCUT2D eigenvalue weighted by molar-refractivity contribution is 0.225. The molecule has 1 rings (SSSR count). The van der Waals surface area contributed by atoms with E-state index in [1.807, 2.05) is 0 Å². The van der Waals surface area contributed by atoms with Crippen LogP contribution in [0, 0.1) is 0 Å². The van der Waals surface area contributed by atoms with Crippen molar-refractivity contribution in [2.75, 3.05) is 25.1 Å². The van der Waals surface area contributed by atoms with Crippen molar-refractivity contribution in [3.8, 4) is 0 Å². The molecule has 1 aromatic rings. The molecule has 0 amide bonds. The Labute approximate surface area is 93.1 Å². The Kier molecular flexibility index (Phi) is 5.48. The first kappa shape index (κ1) is 12.3. The average Bonchev–Trinajstić information content (AvgIpc) is 2.71. The summed E-state index contributed by atoms with van der Waals surface area (Å²) >= 11 is 1.45. The van der Waals surface area contributed by atoms with E-state index in [-0.39, 0.29) is 6.61 Å². The molecule has 0 aliphatic rings. The molecule has 0 aliphatic heterocycles. The third kappa shape index (κ3) is 4.08. The largest absolute Gasteiger partial charge is 0.396 e. The van der Waals surface area contributed by atoms with Gasteiger partial charge in [0.1, 0.15) is 5.01 Å². The second-order valence-corrected chi connectivity index (χ2v) is 4.15. The molecule has 0 saturated carbocycles. The van der Waals surface area contributed by atoms with E-state index in [4.69, 9.17) is 10.9 Å².